The second-order valence-corrected chi connectivity index (χ2v) is 8.20. The monoisotopic (exact) mass is 348 g/mol. The van der Waals surface area contributed by atoms with Gasteiger partial charge >= 0.3 is 0 Å². The Kier molecular flexibility index (Phi) is 4.73. The van der Waals surface area contributed by atoms with E-state index in [1.807, 2.05) is 36.6 Å². The summed E-state index contributed by atoms with van der Waals surface area (Å²) in [7, 11) is -3.64. The van der Waals surface area contributed by atoms with Crippen molar-refractivity contribution >= 4 is 10.0 Å². The fraction of sp³-hybridized carbons (Fsp3) is 0.529. The maximum absolute atomic E-state index is 13.2. The fourth-order valence-corrected chi connectivity index (χ4v) is 4.59. The van der Waals surface area contributed by atoms with Crippen LogP contribution in [0.25, 0.3) is 0 Å². The lowest BCUT2D eigenvalue weighted by atomic mass is 10.2. The van der Waals surface area contributed by atoms with Crippen LogP contribution in [0.4, 0.5) is 0 Å². The first-order chi connectivity index (χ1) is 11.4. The van der Waals surface area contributed by atoms with Crippen LogP contribution in [0.5, 0.6) is 0 Å². The molecule has 1 saturated carbocycles. The molecule has 7 heteroatoms. The Morgan fingerprint density at radius 2 is 2.04 bits per heavy atom. The largest absolute Gasteiger partial charge is 0.333 e. The summed E-state index contributed by atoms with van der Waals surface area (Å²) in [6.45, 7) is 6.01. The van der Waals surface area contributed by atoms with Gasteiger partial charge in [-0.15, -0.1) is 0 Å². The smallest absolute Gasteiger partial charge is 0.262 e. The predicted molar refractivity (Wildman–Crippen MR) is 91.9 cm³/mol. The van der Waals surface area contributed by atoms with Crippen molar-refractivity contribution in [3.8, 4) is 0 Å². The summed E-state index contributed by atoms with van der Waals surface area (Å²) in [5.41, 5.74) is 0.759. The van der Waals surface area contributed by atoms with E-state index in [9.17, 15) is 8.42 Å². The number of rotatable bonds is 7. The molecule has 2 heterocycles. The summed E-state index contributed by atoms with van der Waals surface area (Å²) >= 11 is 0. The van der Waals surface area contributed by atoms with Crippen LogP contribution in [-0.4, -0.2) is 33.3 Å². The summed E-state index contributed by atoms with van der Waals surface area (Å²) in [6.07, 6.45) is 7.65. The summed E-state index contributed by atoms with van der Waals surface area (Å²) in [4.78, 5) is 8.51. The van der Waals surface area contributed by atoms with E-state index in [-0.39, 0.29) is 23.2 Å². The SMILES string of the molecule is CC[C@H](C)n1cnc(S(=O)(=O)N(C2CC2)[C@H](C)c2ccccn2)c1. The molecule has 0 aromatic carbocycles. The van der Waals surface area contributed by atoms with Gasteiger partial charge in [0.25, 0.3) is 10.0 Å². The van der Waals surface area contributed by atoms with Gasteiger partial charge < -0.3 is 4.57 Å². The van der Waals surface area contributed by atoms with Gasteiger partial charge in [-0.25, -0.2) is 13.4 Å². The maximum Gasteiger partial charge on any atom is 0.262 e. The molecule has 0 spiro atoms. The third-order valence-electron chi connectivity index (χ3n) is 4.62. The topological polar surface area (TPSA) is 68.1 Å². The fourth-order valence-electron chi connectivity index (χ4n) is 2.81. The van der Waals surface area contributed by atoms with Gasteiger partial charge in [-0.1, -0.05) is 13.0 Å². The van der Waals surface area contributed by atoms with Crippen LogP contribution in [-0.2, 0) is 10.0 Å². The molecule has 2 aromatic heterocycles. The normalized spacial score (nSPS) is 17.8. The second-order valence-electron chi connectivity index (χ2n) is 6.41. The molecule has 0 unspecified atom stereocenters. The number of imidazole rings is 1. The number of sulfonamides is 1. The van der Waals surface area contributed by atoms with Crippen molar-refractivity contribution in [2.75, 3.05) is 0 Å². The number of aromatic nitrogens is 3. The van der Waals surface area contributed by atoms with Crippen LogP contribution >= 0.6 is 0 Å². The van der Waals surface area contributed by atoms with Crippen LogP contribution in [0.3, 0.4) is 0 Å². The van der Waals surface area contributed by atoms with Crippen molar-refractivity contribution in [2.24, 2.45) is 0 Å². The van der Waals surface area contributed by atoms with Crippen molar-refractivity contribution in [1.82, 2.24) is 18.8 Å². The van der Waals surface area contributed by atoms with Crippen molar-refractivity contribution in [2.45, 2.75) is 63.2 Å². The molecule has 2 aromatic rings. The quantitative estimate of drug-likeness (QED) is 0.771. The summed E-state index contributed by atoms with van der Waals surface area (Å²) in [5, 5.41) is 0.123. The third kappa shape index (κ3) is 3.23. The molecular weight excluding hydrogens is 324 g/mol. The molecule has 0 aliphatic heterocycles. The number of pyridine rings is 1. The van der Waals surface area contributed by atoms with Gasteiger partial charge in [0.15, 0.2) is 5.03 Å². The highest BCUT2D eigenvalue weighted by Crippen LogP contribution is 2.38. The van der Waals surface area contributed by atoms with Crippen LogP contribution in [0, 0.1) is 0 Å². The zero-order valence-electron chi connectivity index (χ0n) is 14.3. The van der Waals surface area contributed by atoms with Crippen LogP contribution in [0.15, 0.2) is 41.9 Å². The standard InChI is InChI=1S/C17H24N4O2S/c1-4-13(2)20-11-17(19-12-20)24(22,23)21(15-8-9-15)14(3)16-7-5-6-10-18-16/h5-7,10-15H,4,8-9H2,1-3H3/t13-,14+/m0/s1. The van der Waals surface area contributed by atoms with Gasteiger partial charge in [-0.2, -0.15) is 4.31 Å². The predicted octanol–water partition coefficient (Wildman–Crippen LogP) is 3.16. The molecule has 1 aliphatic rings. The van der Waals surface area contributed by atoms with E-state index in [0.717, 1.165) is 25.0 Å². The van der Waals surface area contributed by atoms with Crippen LogP contribution in [0.1, 0.15) is 57.8 Å². The van der Waals surface area contributed by atoms with Gasteiger partial charge in [-0.3, -0.25) is 4.98 Å². The van der Waals surface area contributed by atoms with E-state index in [4.69, 9.17) is 0 Å². The second kappa shape index (κ2) is 6.64. The van der Waals surface area contributed by atoms with Crippen LogP contribution in [0.2, 0.25) is 0 Å². The minimum atomic E-state index is -3.64. The van der Waals surface area contributed by atoms with E-state index in [2.05, 4.69) is 16.9 Å². The average molecular weight is 348 g/mol. The lowest BCUT2D eigenvalue weighted by Crippen LogP contribution is -2.36. The lowest BCUT2D eigenvalue weighted by Gasteiger charge is -2.27. The number of hydrogen-bond donors (Lipinski definition) is 0. The van der Waals surface area contributed by atoms with Gasteiger partial charge in [-0.05, 0) is 45.2 Å². The van der Waals surface area contributed by atoms with E-state index < -0.39 is 10.0 Å². The van der Waals surface area contributed by atoms with E-state index in [0.29, 0.717) is 0 Å². The van der Waals surface area contributed by atoms with Crippen molar-refractivity contribution < 1.29 is 8.42 Å². The minimum Gasteiger partial charge on any atom is -0.333 e. The lowest BCUT2D eigenvalue weighted by molar-refractivity contribution is 0.328. The molecule has 3 rings (SSSR count). The molecular formula is C17H24N4O2S. The molecule has 0 radical (unpaired) electrons. The maximum atomic E-state index is 13.2. The first kappa shape index (κ1) is 17.1. The molecule has 0 saturated heterocycles. The Labute approximate surface area is 143 Å². The zero-order chi connectivity index (χ0) is 17.3. The molecule has 24 heavy (non-hydrogen) atoms. The van der Waals surface area contributed by atoms with Gasteiger partial charge in [0, 0.05) is 24.5 Å². The molecule has 1 fully saturated rings. The Balaban J connectivity index is 1.94. The summed E-state index contributed by atoms with van der Waals surface area (Å²) in [5.74, 6) is 0. The first-order valence-corrected chi connectivity index (χ1v) is 9.87. The minimum absolute atomic E-state index is 0.0424. The van der Waals surface area contributed by atoms with Crippen molar-refractivity contribution in [1.29, 1.82) is 0 Å². The van der Waals surface area contributed by atoms with E-state index in [1.165, 1.54) is 0 Å². The highest BCUT2D eigenvalue weighted by Gasteiger charge is 2.43. The van der Waals surface area contributed by atoms with Crippen molar-refractivity contribution in [3.63, 3.8) is 0 Å². The van der Waals surface area contributed by atoms with Gasteiger partial charge in [0.2, 0.25) is 0 Å². The molecule has 2 atom stereocenters. The summed E-state index contributed by atoms with van der Waals surface area (Å²) < 4.78 is 29.8. The highest BCUT2D eigenvalue weighted by atomic mass is 32.2. The third-order valence-corrected chi connectivity index (χ3v) is 6.53. The molecule has 0 amide bonds. The van der Waals surface area contributed by atoms with Crippen molar-refractivity contribution in [3.05, 3.63) is 42.6 Å². The molecule has 0 N–H and O–H groups in total. The Hall–Kier alpha value is -1.73. The first-order valence-electron chi connectivity index (χ1n) is 8.43. The Morgan fingerprint density at radius 3 is 2.62 bits per heavy atom. The molecule has 6 nitrogen and oxygen atoms in total. The number of hydrogen-bond acceptors (Lipinski definition) is 4. The number of nitrogens with zero attached hydrogens (tertiary/aromatic N) is 4. The zero-order valence-corrected chi connectivity index (χ0v) is 15.1. The molecule has 1 aliphatic carbocycles. The Bertz CT molecular complexity index is 784. The average Bonchev–Trinajstić information content (AvgIpc) is 3.27. The Morgan fingerprint density at radius 1 is 1.29 bits per heavy atom. The van der Waals surface area contributed by atoms with E-state index >= 15 is 0 Å². The summed E-state index contributed by atoms with van der Waals surface area (Å²) in [6, 6.07) is 5.55. The van der Waals surface area contributed by atoms with Gasteiger partial charge in [0.05, 0.1) is 18.1 Å². The molecule has 0 bridgehead atoms. The van der Waals surface area contributed by atoms with E-state index in [1.54, 1.807) is 23.0 Å². The molecule has 130 valence electrons. The van der Waals surface area contributed by atoms with Gasteiger partial charge in [0.1, 0.15) is 0 Å². The highest BCUT2D eigenvalue weighted by molar-refractivity contribution is 7.89. The van der Waals surface area contributed by atoms with Crippen LogP contribution < -0.4 is 0 Å².